The maximum Gasteiger partial charge on any atom is 0.251 e. The first-order valence-corrected chi connectivity index (χ1v) is 10.2. The molecule has 1 heterocycles. The number of carbonyl (C=O) groups is 1. The molecule has 1 aromatic heterocycles. The zero-order valence-corrected chi connectivity index (χ0v) is 17.2. The third-order valence-electron chi connectivity index (χ3n) is 5.54. The molecule has 0 saturated heterocycles. The van der Waals surface area contributed by atoms with Crippen molar-refractivity contribution >= 4 is 28.6 Å². The molecule has 1 aliphatic rings. The standard InChI is InChI=1S/C23H26FN5O/c1-29(2)21-19-5-3-4-6-20(19)27-23(28-21)25-14-15-7-12-18(13-15)26-22(30)16-8-10-17(24)11-9-16/h3-6,8-11,15,18H,7,12-14H2,1-2H3,(H,26,30)(H,25,27,28)/t15-,18+/m1/s1. The highest BCUT2D eigenvalue weighted by Gasteiger charge is 2.26. The SMILES string of the molecule is CN(C)c1nc(NC[C@@H]2CC[C@H](NC(=O)c3ccc(F)cc3)C2)nc2ccccc12. The van der Waals surface area contributed by atoms with Crippen molar-refractivity contribution in [2.24, 2.45) is 5.92 Å². The first kappa shape index (κ1) is 20.1. The molecule has 156 valence electrons. The fourth-order valence-electron chi connectivity index (χ4n) is 3.98. The van der Waals surface area contributed by atoms with Gasteiger partial charge in [-0.3, -0.25) is 4.79 Å². The van der Waals surface area contributed by atoms with E-state index in [0.717, 1.165) is 42.5 Å². The van der Waals surface area contributed by atoms with Gasteiger partial charge >= 0.3 is 0 Å². The predicted molar refractivity (Wildman–Crippen MR) is 117 cm³/mol. The molecule has 4 rings (SSSR count). The number of nitrogens with zero attached hydrogens (tertiary/aromatic N) is 3. The van der Waals surface area contributed by atoms with E-state index in [1.165, 1.54) is 24.3 Å². The van der Waals surface area contributed by atoms with Gasteiger partial charge in [-0.15, -0.1) is 0 Å². The van der Waals surface area contributed by atoms with E-state index in [1.54, 1.807) is 0 Å². The fraction of sp³-hybridized carbons (Fsp3) is 0.348. The van der Waals surface area contributed by atoms with Gasteiger partial charge in [0.2, 0.25) is 5.95 Å². The molecule has 0 aliphatic heterocycles. The van der Waals surface area contributed by atoms with E-state index in [-0.39, 0.29) is 17.8 Å². The molecule has 3 aromatic rings. The van der Waals surface area contributed by atoms with Crippen molar-refractivity contribution in [1.82, 2.24) is 15.3 Å². The summed E-state index contributed by atoms with van der Waals surface area (Å²) in [5, 5.41) is 7.47. The van der Waals surface area contributed by atoms with Crippen LogP contribution in [0.1, 0.15) is 29.6 Å². The second-order valence-corrected chi connectivity index (χ2v) is 8.02. The lowest BCUT2D eigenvalue weighted by atomic mass is 10.1. The van der Waals surface area contributed by atoms with Crippen LogP contribution in [0.5, 0.6) is 0 Å². The van der Waals surface area contributed by atoms with Crippen molar-refractivity contribution in [3.05, 3.63) is 59.9 Å². The minimum atomic E-state index is -0.341. The largest absolute Gasteiger partial charge is 0.362 e. The Morgan fingerprint density at radius 1 is 1.10 bits per heavy atom. The summed E-state index contributed by atoms with van der Waals surface area (Å²) in [5.74, 6) is 1.45. The van der Waals surface area contributed by atoms with Gasteiger partial charge in [-0.05, 0) is 61.6 Å². The second-order valence-electron chi connectivity index (χ2n) is 8.02. The molecule has 7 heteroatoms. The van der Waals surface area contributed by atoms with Crippen LogP contribution in [-0.4, -0.2) is 42.6 Å². The number of halogens is 1. The van der Waals surface area contributed by atoms with Crippen LogP contribution >= 0.6 is 0 Å². The van der Waals surface area contributed by atoms with E-state index in [0.29, 0.717) is 17.4 Å². The molecule has 2 N–H and O–H groups in total. The molecule has 0 unspecified atom stereocenters. The Morgan fingerprint density at radius 3 is 2.63 bits per heavy atom. The molecule has 6 nitrogen and oxygen atoms in total. The Morgan fingerprint density at radius 2 is 1.87 bits per heavy atom. The van der Waals surface area contributed by atoms with Crippen molar-refractivity contribution in [3.63, 3.8) is 0 Å². The Kier molecular flexibility index (Phi) is 5.79. The maximum absolute atomic E-state index is 13.0. The summed E-state index contributed by atoms with van der Waals surface area (Å²) in [5.41, 5.74) is 1.40. The fourth-order valence-corrected chi connectivity index (χ4v) is 3.98. The number of carbonyl (C=O) groups excluding carboxylic acids is 1. The lowest BCUT2D eigenvalue weighted by Crippen LogP contribution is -2.33. The molecule has 1 saturated carbocycles. The monoisotopic (exact) mass is 407 g/mol. The topological polar surface area (TPSA) is 70.2 Å². The van der Waals surface area contributed by atoms with Gasteiger partial charge in [-0.1, -0.05) is 12.1 Å². The molecule has 0 spiro atoms. The average molecular weight is 407 g/mol. The molecular formula is C23H26FN5O. The van der Waals surface area contributed by atoms with Crippen LogP contribution in [0.3, 0.4) is 0 Å². The Bertz CT molecular complexity index is 1040. The number of benzene rings is 2. The second kappa shape index (κ2) is 8.65. The van der Waals surface area contributed by atoms with Gasteiger partial charge in [0.1, 0.15) is 11.6 Å². The Balaban J connectivity index is 1.35. The molecule has 30 heavy (non-hydrogen) atoms. The van der Waals surface area contributed by atoms with Crippen LogP contribution in [0.15, 0.2) is 48.5 Å². The lowest BCUT2D eigenvalue weighted by Gasteiger charge is -2.17. The minimum absolute atomic E-state index is 0.129. The molecule has 2 aromatic carbocycles. The third kappa shape index (κ3) is 4.50. The molecule has 0 radical (unpaired) electrons. The van der Waals surface area contributed by atoms with Gasteiger partial charge in [-0.2, -0.15) is 4.98 Å². The van der Waals surface area contributed by atoms with Crippen LogP contribution in [0, 0.1) is 11.7 Å². The molecule has 2 atom stereocenters. The highest BCUT2D eigenvalue weighted by atomic mass is 19.1. The van der Waals surface area contributed by atoms with E-state index >= 15 is 0 Å². The summed E-state index contributed by atoms with van der Waals surface area (Å²) in [7, 11) is 3.95. The van der Waals surface area contributed by atoms with Gasteiger partial charge in [0, 0.05) is 37.6 Å². The third-order valence-corrected chi connectivity index (χ3v) is 5.54. The summed E-state index contributed by atoms with van der Waals surface area (Å²) in [6, 6.07) is 13.8. The minimum Gasteiger partial charge on any atom is -0.362 e. The normalized spacial score (nSPS) is 18.4. The summed E-state index contributed by atoms with van der Waals surface area (Å²) in [4.78, 5) is 23.7. The molecule has 1 amide bonds. The smallest absolute Gasteiger partial charge is 0.251 e. The van der Waals surface area contributed by atoms with Crippen LogP contribution in [0.25, 0.3) is 10.9 Å². The molecule has 1 fully saturated rings. The number of anilines is 2. The number of rotatable bonds is 6. The zero-order chi connectivity index (χ0) is 21.1. The van der Waals surface area contributed by atoms with Crippen molar-refractivity contribution < 1.29 is 9.18 Å². The zero-order valence-electron chi connectivity index (χ0n) is 17.2. The number of amides is 1. The van der Waals surface area contributed by atoms with E-state index in [1.807, 2.05) is 43.3 Å². The van der Waals surface area contributed by atoms with E-state index in [2.05, 4.69) is 20.6 Å². The van der Waals surface area contributed by atoms with E-state index in [4.69, 9.17) is 0 Å². The van der Waals surface area contributed by atoms with Crippen molar-refractivity contribution in [3.8, 4) is 0 Å². The van der Waals surface area contributed by atoms with Gasteiger partial charge in [0.05, 0.1) is 5.52 Å². The lowest BCUT2D eigenvalue weighted by molar-refractivity contribution is 0.0937. The van der Waals surface area contributed by atoms with Crippen molar-refractivity contribution in [2.75, 3.05) is 30.9 Å². The van der Waals surface area contributed by atoms with E-state index in [9.17, 15) is 9.18 Å². The van der Waals surface area contributed by atoms with Crippen molar-refractivity contribution in [2.45, 2.75) is 25.3 Å². The summed E-state index contributed by atoms with van der Waals surface area (Å²) in [6.07, 6.45) is 2.85. The number of para-hydroxylation sites is 1. The summed E-state index contributed by atoms with van der Waals surface area (Å²) in [6.45, 7) is 0.758. The van der Waals surface area contributed by atoms with Crippen LogP contribution in [0.4, 0.5) is 16.2 Å². The molecule has 1 aliphatic carbocycles. The summed E-state index contributed by atoms with van der Waals surface area (Å²) < 4.78 is 13.0. The number of fused-ring (bicyclic) bond motifs is 1. The molecule has 0 bridgehead atoms. The van der Waals surface area contributed by atoms with Gasteiger partial charge in [0.15, 0.2) is 0 Å². The van der Waals surface area contributed by atoms with Gasteiger partial charge in [0.25, 0.3) is 5.91 Å². The Labute approximate surface area is 175 Å². The number of hydrogen-bond donors (Lipinski definition) is 2. The number of nitrogens with one attached hydrogen (secondary N) is 2. The number of hydrogen-bond acceptors (Lipinski definition) is 5. The molecular weight excluding hydrogens is 381 g/mol. The summed E-state index contributed by atoms with van der Waals surface area (Å²) >= 11 is 0. The average Bonchev–Trinajstić information content (AvgIpc) is 3.19. The van der Waals surface area contributed by atoms with Crippen LogP contribution < -0.4 is 15.5 Å². The van der Waals surface area contributed by atoms with Gasteiger partial charge < -0.3 is 15.5 Å². The van der Waals surface area contributed by atoms with Crippen molar-refractivity contribution in [1.29, 1.82) is 0 Å². The van der Waals surface area contributed by atoms with E-state index < -0.39 is 0 Å². The number of aromatic nitrogens is 2. The predicted octanol–water partition coefficient (Wildman–Crippen LogP) is 3.85. The first-order valence-electron chi connectivity index (χ1n) is 10.2. The maximum atomic E-state index is 13.0. The quantitative estimate of drug-likeness (QED) is 0.650. The first-order chi connectivity index (χ1) is 14.5. The van der Waals surface area contributed by atoms with Crippen LogP contribution in [-0.2, 0) is 0 Å². The van der Waals surface area contributed by atoms with Gasteiger partial charge in [-0.25, -0.2) is 9.37 Å². The highest BCUT2D eigenvalue weighted by molar-refractivity contribution is 5.94. The Hall–Kier alpha value is -3.22. The van der Waals surface area contributed by atoms with Crippen LogP contribution in [0.2, 0.25) is 0 Å². The highest BCUT2D eigenvalue weighted by Crippen LogP contribution is 2.27.